The van der Waals surface area contributed by atoms with Crippen LogP contribution < -0.4 is 10.6 Å². The van der Waals surface area contributed by atoms with Gasteiger partial charge in [0.05, 0.1) is 6.54 Å². The summed E-state index contributed by atoms with van der Waals surface area (Å²) in [5, 5.41) is 8.29. The Hall–Kier alpha value is -3.19. The maximum atomic E-state index is 12.7. The number of aromatic nitrogens is 1. The van der Waals surface area contributed by atoms with Crippen LogP contribution in [0.3, 0.4) is 0 Å². The number of nitrogens with zero attached hydrogens (tertiary/aromatic N) is 1. The van der Waals surface area contributed by atoms with Crippen LogP contribution in [0.15, 0.2) is 66.0 Å². The van der Waals surface area contributed by atoms with E-state index in [1.165, 1.54) is 11.3 Å². The van der Waals surface area contributed by atoms with Crippen molar-refractivity contribution in [2.45, 2.75) is 32.5 Å². The number of hydrogen-bond acceptors (Lipinski definition) is 5. The minimum absolute atomic E-state index is 0.144. The van der Waals surface area contributed by atoms with Gasteiger partial charge < -0.3 is 15.4 Å². The van der Waals surface area contributed by atoms with Crippen LogP contribution in [0.1, 0.15) is 21.8 Å². The average molecular weight is 410 g/mol. The molecular formula is C22H23N3O3S. The van der Waals surface area contributed by atoms with Crippen LogP contribution in [0, 0.1) is 6.92 Å². The predicted molar refractivity (Wildman–Crippen MR) is 112 cm³/mol. The molecule has 150 valence electrons. The van der Waals surface area contributed by atoms with Crippen molar-refractivity contribution in [2.24, 2.45) is 0 Å². The number of hydrogen-bond donors (Lipinski definition) is 2. The van der Waals surface area contributed by atoms with Gasteiger partial charge in [-0.1, -0.05) is 60.7 Å². The number of ether oxygens (including phenoxy) is 1. The van der Waals surface area contributed by atoms with Crippen molar-refractivity contribution in [2.75, 3.05) is 0 Å². The van der Waals surface area contributed by atoms with Crippen LogP contribution >= 0.6 is 11.3 Å². The summed E-state index contributed by atoms with van der Waals surface area (Å²) in [4.78, 5) is 29.3. The van der Waals surface area contributed by atoms with Crippen LogP contribution in [-0.4, -0.2) is 23.0 Å². The Morgan fingerprint density at radius 3 is 2.31 bits per heavy atom. The molecule has 7 heteroatoms. The normalized spacial score (nSPS) is 11.5. The van der Waals surface area contributed by atoms with Gasteiger partial charge in [0.2, 0.25) is 5.91 Å². The number of aryl methyl sites for hydroxylation is 1. The van der Waals surface area contributed by atoms with Gasteiger partial charge in [-0.05, 0) is 18.1 Å². The highest BCUT2D eigenvalue weighted by Gasteiger charge is 2.22. The Bertz CT molecular complexity index is 929. The summed E-state index contributed by atoms with van der Waals surface area (Å²) >= 11 is 1.49. The van der Waals surface area contributed by atoms with Crippen molar-refractivity contribution in [1.82, 2.24) is 15.6 Å². The van der Waals surface area contributed by atoms with Gasteiger partial charge >= 0.3 is 6.09 Å². The second kappa shape index (κ2) is 10.4. The summed E-state index contributed by atoms with van der Waals surface area (Å²) in [6, 6.07) is 18.2. The third-order valence-corrected chi connectivity index (χ3v) is 5.15. The van der Waals surface area contributed by atoms with Gasteiger partial charge in [0.15, 0.2) is 0 Å². The number of amides is 2. The lowest BCUT2D eigenvalue weighted by Crippen LogP contribution is -2.48. The van der Waals surface area contributed by atoms with E-state index >= 15 is 0 Å². The molecule has 0 radical (unpaired) electrons. The van der Waals surface area contributed by atoms with Gasteiger partial charge in [0.25, 0.3) is 0 Å². The highest BCUT2D eigenvalue weighted by atomic mass is 32.1. The topological polar surface area (TPSA) is 80.3 Å². The quantitative estimate of drug-likeness (QED) is 0.596. The number of carbonyl (C=O) groups is 2. The van der Waals surface area contributed by atoms with Crippen LogP contribution in [0.5, 0.6) is 0 Å². The number of benzene rings is 2. The van der Waals surface area contributed by atoms with Crippen molar-refractivity contribution in [1.29, 1.82) is 0 Å². The molecule has 1 atom stereocenters. The molecule has 0 saturated heterocycles. The van der Waals surface area contributed by atoms with E-state index in [9.17, 15) is 9.59 Å². The molecule has 0 aliphatic rings. The molecule has 3 rings (SSSR count). The summed E-state index contributed by atoms with van der Waals surface area (Å²) in [7, 11) is 0. The fourth-order valence-electron chi connectivity index (χ4n) is 2.74. The molecule has 2 N–H and O–H groups in total. The molecular weight excluding hydrogens is 386 g/mol. The smallest absolute Gasteiger partial charge is 0.408 e. The molecule has 1 aromatic heterocycles. The number of nitrogens with one attached hydrogen (secondary N) is 2. The first kappa shape index (κ1) is 20.5. The largest absolute Gasteiger partial charge is 0.445 e. The van der Waals surface area contributed by atoms with Crippen LogP contribution in [0.25, 0.3) is 0 Å². The number of thiazole rings is 1. The number of alkyl carbamates (subject to hydrolysis) is 1. The van der Waals surface area contributed by atoms with Crippen molar-refractivity contribution < 1.29 is 14.3 Å². The lowest BCUT2D eigenvalue weighted by molar-refractivity contribution is -0.123. The lowest BCUT2D eigenvalue weighted by atomic mass is 10.1. The van der Waals surface area contributed by atoms with E-state index < -0.39 is 12.1 Å². The van der Waals surface area contributed by atoms with Crippen molar-refractivity contribution in [3.8, 4) is 0 Å². The second-order valence-corrected chi connectivity index (χ2v) is 7.49. The van der Waals surface area contributed by atoms with Crippen LogP contribution in [0.2, 0.25) is 0 Å². The first-order chi connectivity index (χ1) is 14.1. The first-order valence-corrected chi connectivity index (χ1v) is 10.2. The Morgan fingerprint density at radius 2 is 1.69 bits per heavy atom. The molecule has 2 amide bonds. The van der Waals surface area contributed by atoms with Gasteiger partial charge in [-0.15, -0.1) is 11.3 Å². The molecule has 6 nitrogen and oxygen atoms in total. The van der Waals surface area contributed by atoms with E-state index in [1.54, 1.807) is 0 Å². The summed E-state index contributed by atoms with van der Waals surface area (Å²) < 4.78 is 5.27. The van der Waals surface area contributed by atoms with Crippen molar-refractivity contribution in [3.05, 3.63) is 87.9 Å². The molecule has 29 heavy (non-hydrogen) atoms. The zero-order valence-corrected chi connectivity index (χ0v) is 16.9. The fourth-order valence-corrected chi connectivity index (χ4v) is 3.45. The van der Waals surface area contributed by atoms with Gasteiger partial charge in [-0.3, -0.25) is 4.79 Å². The zero-order valence-electron chi connectivity index (χ0n) is 16.1. The molecule has 1 heterocycles. The average Bonchev–Trinajstić information content (AvgIpc) is 3.17. The lowest BCUT2D eigenvalue weighted by Gasteiger charge is -2.18. The van der Waals surface area contributed by atoms with Crippen LogP contribution in [0.4, 0.5) is 4.79 Å². The third-order valence-electron chi connectivity index (χ3n) is 4.18. The van der Waals surface area contributed by atoms with E-state index in [0.29, 0.717) is 13.0 Å². The Balaban J connectivity index is 1.60. The summed E-state index contributed by atoms with van der Waals surface area (Å²) in [6.07, 6.45) is -0.265. The van der Waals surface area contributed by atoms with E-state index in [1.807, 2.05) is 73.0 Å². The van der Waals surface area contributed by atoms with Gasteiger partial charge in [-0.25, -0.2) is 9.78 Å². The Kier molecular flexibility index (Phi) is 7.35. The Labute approximate surface area is 173 Å². The van der Waals surface area contributed by atoms with Gasteiger partial charge in [-0.2, -0.15) is 0 Å². The maximum Gasteiger partial charge on any atom is 0.408 e. The summed E-state index contributed by atoms with van der Waals surface area (Å²) in [6.45, 7) is 2.37. The van der Waals surface area contributed by atoms with E-state index in [0.717, 1.165) is 21.8 Å². The molecule has 0 spiro atoms. The molecule has 3 aromatic rings. The molecule has 0 aliphatic heterocycles. The van der Waals surface area contributed by atoms with E-state index in [4.69, 9.17) is 4.74 Å². The second-order valence-electron chi connectivity index (χ2n) is 6.55. The number of rotatable bonds is 8. The maximum absolute atomic E-state index is 12.7. The van der Waals surface area contributed by atoms with Gasteiger partial charge in [0.1, 0.15) is 17.7 Å². The third kappa shape index (κ3) is 6.73. The van der Waals surface area contributed by atoms with Crippen molar-refractivity contribution >= 4 is 23.3 Å². The molecule has 0 aliphatic carbocycles. The molecule has 0 saturated carbocycles. The zero-order chi connectivity index (χ0) is 20.5. The SMILES string of the molecule is Cc1csc(CNC(=O)[C@H](Cc2ccccc2)NC(=O)OCc2ccccc2)n1. The highest BCUT2D eigenvalue weighted by molar-refractivity contribution is 7.09. The Morgan fingerprint density at radius 1 is 1.03 bits per heavy atom. The molecule has 0 bridgehead atoms. The number of carbonyl (C=O) groups excluding carboxylic acids is 2. The molecule has 0 unspecified atom stereocenters. The van der Waals surface area contributed by atoms with Gasteiger partial charge in [0, 0.05) is 17.5 Å². The molecule has 0 fully saturated rings. The predicted octanol–water partition coefficient (Wildman–Crippen LogP) is 3.61. The summed E-state index contributed by atoms with van der Waals surface area (Å²) in [5.74, 6) is -0.279. The molecule has 2 aromatic carbocycles. The minimum Gasteiger partial charge on any atom is -0.445 e. The fraction of sp³-hybridized carbons (Fsp3) is 0.227. The monoisotopic (exact) mass is 409 g/mol. The van der Waals surface area contributed by atoms with E-state index in [2.05, 4.69) is 15.6 Å². The summed E-state index contributed by atoms with van der Waals surface area (Å²) in [5.41, 5.74) is 2.75. The minimum atomic E-state index is -0.748. The van der Waals surface area contributed by atoms with Crippen molar-refractivity contribution in [3.63, 3.8) is 0 Å². The highest BCUT2D eigenvalue weighted by Crippen LogP contribution is 2.09. The first-order valence-electron chi connectivity index (χ1n) is 9.30. The standard InChI is InChI=1S/C22H23N3O3S/c1-16-15-29-20(24-16)13-23-21(26)19(12-17-8-4-2-5-9-17)25-22(27)28-14-18-10-6-3-7-11-18/h2-11,15,19H,12-14H2,1H3,(H,23,26)(H,25,27)/t19-/m0/s1. The van der Waals surface area contributed by atoms with Crippen LogP contribution in [-0.2, 0) is 29.1 Å². The van der Waals surface area contributed by atoms with E-state index in [-0.39, 0.29) is 12.5 Å².